The third kappa shape index (κ3) is 18.0. The Kier molecular flexibility index (Phi) is 23.5. The molecule has 0 radical (unpaired) electrons. The summed E-state index contributed by atoms with van der Waals surface area (Å²) in [4.78, 5) is 91.2. The Bertz CT molecular complexity index is 7240. The Hall–Kier alpha value is -16.1. The highest BCUT2D eigenvalue weighted by Crippen LogP contribution is 2.36. The van der Waals surface area contributed by atoms with Crippen molar-refractivity contribution in [2.45, 2.75) is 72.4 Å². The second-order valence-electron chi connectivity index (χ2n) is 32.1. The number of pyridine rings is 5. The van der Waals surface area contributed by atoms with Crippen LogP contribution in [0.4, 0.5) is 22.0 Å². The summed E-state index contributed by atoms with van der Waals surface area (Å²) in [6.07, 6.45) is 17.3. The number of fused-ring (bicyclic) bond motifs is 7. The minimum Gasteiger partial charge on any atom is -0.330 e. The minimum atomic E-state index is -0.331. The van der Waals surface area contributed by atoms with Gasteiger partial charge in [-0.15, -0.1) is 0 Å². The zero-order valence-electron chi connectivity index (χ0n) is 70.4. The summed E-state index contributed by atoms with van der Waals surface area (Å²) in [5, 5.41) is 14.8. The summed E-state index contributed by atoms with van der Waals surface area (Å²) in [7, 11) is 5.55. The van der Waals surface area contributed by atoms with Gasteiger partial charge in [-0.2, -0.15) is 15.3 Å². The van der Waals surface area contributed by atoms with E-state index < -0.39 is 0 Å². The number of aromatic nitrogens is 11. The van der Waals surface area contributed by atoms with E-state index in [0.29, 0.717) is 88.6 Å². The molecule has 0 bridgehead atoms. The fourth-order valence-corrected chi connectivity index (χ4v) is 16.7. The van der Waals surface area contributed by atoms with Crippen LogP contribution in [0, 0.1) is 36.0 Å². The van der Waals surface area contributed by atoms with Gasteiger partial charge in [0, 0.05) is 213 Å². The molecular formula is C103H81F5N16O5. The lowest BCUT2D eigenvalue weighted by atomic mass is 10.0. The van der Waals surface area contributed by atoms with E-state index in [-0.39, 0.29) is 91.3 Å². The molecule has 0 aliphatic carbocycles. The number of rotatable bonds is 15. The van der Waals surface area contributed by atoms with Gasteiger partial charge in [-0.05, 0) is 160 Å². The third-order valence-corrected chi connectivity index (χ3v) is 23.3. The highest BCUT2D eigenvalue weighted by Gasteiger charge is 2.34. The normalized spacial score (nSPS) is 13.3. The minimum absolute atomic E-state index is 0.0396. The summed E-state index contributed by atoms with van der Waals surface area (Å²) >= 11 is 0. The smallest absolute Gasteiger partial charge is 0.273 e. The van der Waals surface area contributed by atoms with Crippen LogP contribution in [-0.4, -0.2) is 108 Å². The fourth-order valence-electron chi connectivity index (χ4n) is 16.7. The molecule has 0 fully saturated rings. The Balaban J connectivity index is 0.000000109. The molecule has 0 saturated heterocycles. The first-order chi connectivity index (χ1) is 62.6. The zero-order chi connectivity index (χ0) is 89.1. The van der Waals surface area contributed by atoms with Gasteiger partial charge < -0.3 is 24.5 Å². The lowest BCUT2D eigenvalue weighted by Crippen LogP contribution is -2.24. The highest BCUT2D eigenvalue weighted by atomic mass is 19.1. The number of nitrogens with zero attached hydrogens (tertiary/aromatic N) is 16. The van der Waals surface area contributed by atoms with E-state index in [4.69, 9.17) is 0 Å². The van der Waals surface area contributed by atoms with E-state index in [0.717, 1.165) is 111 Å². The van der Waals surface area contributed by atoms with E-state index in [9.17, 15) is 45.9 Å². The summed E-state index contributed by atoms with van der Waals surface area (Å²) < 4.78 is 78.3. The molecule has 5 amide bonds. The van der Waals surface area contributed by atoms with Crippen molar-refractivity contribution in [2.75, 3.05) is 0 Å². The molecule has 0 spiro atoms. The molecular weight excluding hydrogens is 1640 g/mol. The first-order valence-corrected chi connectivity index (χ1v) is 41.7. The lowest BCUT2D eigenvalue weighted by molar-refractivity contribution is 0.0754. The average molecular weight is 1720 g/mol. The Morgan fingerprint density at radius 2 is 0.705 bits per heavy atom. The Morgan fingerprint density at radius 1 is 0.295 bits per heavy atom. The maximum Gasteiger partial charge on any atom is 0.273 e. The maximum atomic E-state index is 14.8. The number of carbonyl (C=O) groups excluding carboxylic acids is 5. The maximum absolute atomic E-state index is 14.8. The van der Waals surface area contributed by atoms with Crippen molar-refractivity contribution >= 4 is 51.3 Å². The van der Waals surface area contributed by atoms with Gasteiger partial charge >= 0.3 is 0 Å². The summed E-state index contributed by atoms with van der Waals surface area (Å²) in [5.41, 5.74) is 21.0. The molecule has 5 aliphatic rings. The number of hydrogen-bond acceptors (Lipinski definition) is 13. The van der Waals surface area contributed by atoms with Gasteiger partial charge in [-0.3, -0.25) is 62.9 Å². The van der Waals surface area contributed by atoms with Crippen LogP contribution >= 0.6 is 0 Å². The van der Waals surface area contributed by atoms with E-state index in [1.165, 1.54) is 30.3 Å². The SMILES string of the molecule is Cc1nn(C)cc1-c1ccc(CN2Cc3ccccc3C2=O)c(F)c1.Cn1cc(-c2ccc(CN3Cc4ccccc4C3=O)c(F)c2)cn1.Cn1cc2cc(-c3ccc(CN4Cc5ncccc5C4=O)c(F)c3)ccc2n1.O=C1c2ncccc2CN1Cc1ccc(-c2ccncc2)cc1F.O=C1c2ncccc2CN1Cc1ccc(-c2cnc3ccccc3c2)cc1F. The van der Waals surface area contributed by atoms with Crippen LogP contribution in [0.2, 0.25) is 0 Å². The third-order valence-electron chi connectivity index (χ3n) is 23.3. The largest absolute Gasteiger partial charge is 0.330 e. The predicted octanol–water partition coefficient (Wildman–Crippen LogP) is 19.0. The molecule has 0 N–H and O–H groups in total. The first-order valence-electron chi connectivity index (χ1n) is 41.7. The molecule has 638 valence electrons. The quantitative estimate of drug-likeness (QED) is 0.0873. The van der Waals surface area contributed by atoms with Crippen molar-refractivity contribution in [3.8, 4) is 55.6 Å². The van der Waals surface area contributed by atoms with Gasteiger partial charge in [0.05, 0.1) is 40.7 Å². The monoisotopic (exact) mass is 1720 g/mol. The lowest BCUT2D eigenvalue weighted by Gasteiger charge is -2.16. The Morgan fingerprint density at radius 3 is 1.21 bits per heavy atom. The molecule has 17 aromatic rings. The van der Waals surface area contributed by atoms with Crippen LogP contribution in [0.15, 0.2) is 299 Å². The molecule has 5 aliphatic heterocycles. The van der Waals surface area contributed by atoms with Crippen molar-refractivity contribution in [1.82, 2.24) is 78.8 Å². The zero-order valence-corrected chi connectivity index (χ0v) is 70.4. The molecule has 0 saturated carbocycles. The topological polar surface area (TPSA) is 219 Å². The van der Waals surface area contributed by atoms with Crippen LogP contribution in [-0.2, 0) is 86.6 Å². The van der Waals surface area contributed by atoms with Crippen molar-refractivity contribution in [3.05, 3.63) is 417 Å². The van der Waals surface area contributed by atoms with Gasteiger partial charge in [0.25, 0.3) is 29.5 Å². The Labute approximate surface area is 738 Å². The van der Waals surface area contributed by atoms with Crippen LogP contribution in [0.5, 0.6) is 0 Å². The number of benzene rings is 9. The molecule has 8 aromatic heterocycles. The number of halogens is 5. The van der Waals surface area contributed by atoms with Gasteiger partial charge in [-0.25, -0.2) is 22.0 Å². The van der Waals surface area contributed by atoms with Gasteiger partial charge in [0.1, 0.15) is 40.5 Å². The summed E-state index contributed by atoms with van der Waals surface area (Å²) in [6, 6.07) is 71.0. The number of carbonyl (C=O) groups is 5. The van der Waals surface area contributed by atoms with Gasteiger partial charge in [0.15, 0.2) is 0 Å². The molecule has 129 heavy (non-hydrogen) atoms. The van der Waals surface area contributed by atoms with E-state index in [1.54, 1.807) is 130 Å². The first kappa shape index (κ1) is 83.8. The number of hydrogen-bond donors (Lipinski definition) is 0. The molecule has 22 rings (SSSR count). The van der Waals surface area contributed by atoms with Gasteiger partial charge in [0.2, 0.25) is 0 Å². The van der Waals surface area contributed by atoms with Crippen LogP contribution in [0.25, 0.3) is 77.4 Å². The van der Waals surface area contributed by atoms with E-state index >= 15 is 0 Å². The molecule has 26 heteroatoms. The van der Waals surface area contributed by atoms with Crippen LogP contribution in [0.3, 0.4) is 0 Å². The number of amides is 5. The van der Waals surface area contributed by atoms with Crippen molar-refractivity contribution in [1.29, 1.82) is 0 Å². The van der Waals surface area contributed by atoms with E-state index in [1.807, 2.05) is 204 Å². The molecule has 21 nitrogen and oxygen atoms in total. The van der Waals surface area contributed by atoms with Crippen molar-refractivity contribution < 1.29 is 45.9 Å². The molecule has 0 atom stereocenters. The fraction of sp³-hybridized carbons (Fsp3) is 0.136. The predicted molar refractivity (Wildman–Crippen MR) is 478 cm³/mol. The van der Waals surface area contributed by atoms with Crippen LogP contribution < -0.4 is 0 Å². The number of aryl methyl sites for hydroxylation is 4. The van der Waals surface area contributed by atoms with Gasteiger partial charge in [-0.1, -0.05) is 133 Å². The van der Waals surface area contributed by atoms with Crippen molar-refractivity contribution in [2.24, 2.45) is 21.1 Å². The second kappa shape index (κ2) is 36.2. The highest BCUT2D eigenvalue weighted by molar-refractivity contribution is 6.00. The molecule has 9 aromatic carbocycles. The van der Waals surface area contributed by atoms with Crippen molar-refractivity contribution in [3.63, 3.8) is 0 Å². The van der Waals surface area contributed by atoms with E-state index in [2.05, 4.69) is 40.2 Å². The summed E-state index contributed by atoms with van der Waals surface area (Å²) in [6.45, 7) is 5.51. The van der Waals surface area contributed by atoms with Crippen LogP contribution in [0.1, 0.15) is 114 Å². The summed E-state index contributed by atoms with van der Waals surface area (Å²) in [5.74, 6) is -2.06. The standard InChI is InChI=1S/C23H16FN3O.C22H17FN4O.C20H18FN3O.C19H16FN3O.C19H14FN3O/c24-20-11-15(19-10-16-4-1-2-6-21(16)26-12-19)7-8-17(20)13-27-14-18-5-3-9-25-22(18)23(27)28;1-26-11-17-9-14(6-7-20(17)25-26)15-4-5-16(19(23)10-15)12-27-13-21-18(22(27)28)3-2-8-24-21;1-13-18(12-23(2)22-13)14-7-8-16(19(21)9-14)11-24-10-15-5-3-4-6-17(15)20(24)25;1-22-10-16(9-21-22)13-6-7-15(18(20)8-13)12-23-11-14-4-2-3-5-17(14)19(23)24;20-17-10-14(13-5-8-21-9-6-13)3-4-15(17)11-23-12-16-2-1-7-22-18(16)19(23)24/h1-12H,13-14H2;2-11H,12-13H2,1H3;3-9,12H,10-11H2,1-2H3;2-10H,11-12H2,1H3;1-10H,11-12H2. The number of para-hydroxylation sites is 1. The average Bonchev–Trinajstić information content (AvgIpc) is 1.78. The molecule has 13 heterocycles. The molecule has 0 unspecified atom stereocenters. The second-order valence-corrected chi connectivity index (χ2v) is 32.1.